The number of hydrogen-bond donors (Lipinski definition) is 1. The lowest BCUT2D eigenvalue weighted by atomic mass is 9.91. The number of thioether (sulfide) groups is 1. The molecule has 1 nitrogen and oxygen atoms in total. The molecule has 1 aromatic rings. The predicted molar refractivity (Wildman–Crippen MR) is 56.8 cm³/mol. The number of halogens is 2. The van der Waals surface area contributed by atoms with Crippen molar-refractivity contribution in [3.63, 3.8) is 0 Å². The highest BCUT2D eigenvalue weighted by Gasteiger charge is 2.38. The Morgan fingerprint density at radius 1 is 1.33 bits per heavy atom. The summed E-state index contributed by atoms with van der Waals surface area (Å²) in [6, 6.07) is 3.24. The van der Waals surface area contributed by atoms with Gasteiger partial charge in [0.05, 0.1) is 5.60 Å². The lowest BCUT2D eigenvalue weighted by molar-refractivity contribution is 0.0605. The van der Waals surface area contributed by atoms with Gasteiger partial charge in [0, 0.05) is 17.1 Å². The zero-order valence-corrected chi connectivity index (χ0v) is 9.15. The van der Waals surface area contributed by atoms with Crippen molar-refractivity contribution in [1.82, 2.24) is 0 Å². The fraction of sp³-hybridized carbons (Fsp3) is 0.455. The second kappa shape index (κ2) is 3.76. The highest BCUT2D eigenvalue weighted by Crippen LogP contribution is 2.41. The summed E-state index contributed by atoms with van der Waals surface area (Å²) in [6.07, 6.45) is 0.542. The molecule has 4 heteroatoms. The Labute approximate surface area is 91.5 Å². The Balaban J connectivity index is 2.36. The maximum atomic E-state index is 13.0. The summed E-state index contributed by atoms with van der Waals surface area (Å²) in [5.74, 6) is -0.775. The van der Waals surface area contributed by atoms with Crippen LogP contribution in [0.15, 0.2) is 18.2 Å². The molecule has 1 heterocycles. The molecule has 2 atom stereocenters. The molecule has 1 aromatic carbocycles. The quantitative estimate of drug-likeness (QED) is 0.800. The molecular weight excluding hydrogens is 218 g/mol. The fourth-order valence-corrected chi connectivity index (χ4v) is 3.14. The molecule has 15 heavy (non-hydrogen) atoms. The summed E-state index contributed by atoms with van der Waals surface area (Å²) < 4.78 is 26.0. The third-order valence-corrected chi connectivity index (χ3v) is 4.01. The van der Waals surface area contributed by atoms with Crippen LogP contribution in [0, 0.1) is 11.6 Å². The summed E-state index contributed by atoms with van der Waals surface area (Å²) in [6.45, 7) is 2.00. The zero-order valence-electron chi connectivity index (χ0n) is 8.34. The van der Waals surface area contributed by atoms with Crippen molar-refractivity contribution < 1.29 is 13.9 Å². The SMILES string of the molecule is CC1CC(O)(c2cc(F)cc(F)c2)CS1. The first-order valence-corrected chi connectivity index (χ1v) is 5.85. The van der Waals surface area contributed by atoms with Crippen molar-refractivity contribution in [2.45, 2.75) is 24.2 Å². The van der Waals surface area contributed by atoms with Gasteiger partial charge in [-0.05, 0) is 24.1 Å². The summed E-state index contributed by atoms with van der Waals surface area (Å²) in [4.78, 5) is 0. The lowest BCUT2D eigenvalue weighted by Gasteiger charge is -2.22. The summed E-state index contributed by atoms with van der Waals surface area (Å²) in [7, 11) is 0. The Bertz CT molecular complexity index is 363. The van der Waals surface area contributed by atoms with Gasteiger partial charge in [-0.25, -0.2) is 8.78 Å². The number of rotatable bonds is 1. The van der Waals surface area contributed by atoms with Crippen LogP contribution in [0.4, 0.5) is 8.78 Å². The van der Waals surface area contributed by atoms with Crippen LogP contribution in [0.3, 0.4) is 0 Å². The molecule has 1 N–H and O–H groups in total. The maximum Gasteiger partial charge on any atom is 0.126 e. The van der Waals surface area contributed by atoms with E-state index in [2.05, 4.69) is 0 Å². The van der Waals surface area contributed by atoms with E-state index >= 15 is 0 Å². The fourth-order valence-electron chi connectivity index (χ4n) is 1.90. The first-order chi connectivity index (χ1) is 6.99. The standard InChI is InChI=1S/C11H12F2OS/c1-7-5-11(14,6-15-7)8-2-9(12)4-10(13)3-8/h2-4,7,14H,5-6H2,1H3. The summed E-state index contributed by atoms with van der Waals surface area (Å²) in [5.41, 5.74) is -0.732. The Kier molecular flexibility index (Phi) is 2.73. The predicted octanol–water partition coefficient (Wildman–Crippen LogP) is 2.68. The molecule has 0 aliphatic carbocycles. The van der Waals surface area contributed by atoms with Gasteiger partial charge in [-0.15, -0.1) is 0 Å². The third kappa shape index (κ3) is 2.16. The molecule has 0 spiro atoms. The molecule has 2 unspecified atom stereocenters. The second-order valence-electron chi connectivity index (χ2n) is 4.02. The van der Waals surface area contributed by atoms with Crippen molar-refractivity contribution in [2.75, 3.05) is 5.75 Å². The van der Waals surface area contributed by atoms with E-state index in [1.165, 1.54) is 12.1 Å². The molecule has 0 amide bonds. The van der Waals surface area contributed by atoms with E-state index in [0.29, 0.717) is 23.0 Å². The first kappa shape index (κ1) is 10.9. The molecule has 1 fully saturated rings. The van der Waals surface area contributed by atoms with Gasteiger partial charge < -0.3 is 5.11 Å². The van der Waals surface area contributed by atoms with E-state index in [4.69, 9.17) is 0 Å². The van der Waals surface area contributed by atoms with Crippen LogP contribution in [0.2, 0.25) is 0 Å². The third-order valence-electron chi connectivity index (χ3n) is 2.63. The topological polar surface area (TPSA) is 20.2 Å². The van der Waals surface area contributed by atoms with E-state index in [1.807, 2.05) is 6.92 Å². The van der Waals surface area contributed by atoms with E-state index in [9.17, 15) is 13.9 Å². The van der Waals surface area contributed by atoms with Gasteiger partial charge in [0.1, 0.15) is 11.6 Å². The summed E-state index contributed by atoms with van der Waals surface area (Å²) >= 11 is 1.62. The van der Waals surface area contributed by atoms with Crippen molar-refractivity contribution in [3.05, 3.63) is 35.4 Å². The van der Waals surface area contributed by atoms with E-state index in [-0.39, 0.29) is 0 Å². The minimum Gasteiger partial charge on any atom is -0.384 e. The average molecular weight is 230 g/mol. The summed E-state index contributed by atoms with van der Waals surface area (Å²) in [5, 5.41) is 10.5. The number of aliphatic hydroxyl groups is 1. The molecule has 0 aromatic heterocycles. The molecule has 2 rings (SSSR count). The average Bonchev–Trinajstić information content (AvgIpc) is 2.46. The Hall–Kier alpha value is -0.610. The van der Waals surface area contributed by atoms with Crippen LogP contribution in [0.1, 0.15) is 18.9 Å². The second-order valence-corrected chi connectivity index (χ2v) is 5.44. The smallest absolute Gasteiger partial charge is 0.126 e. The van der Waals surface area contributed by atoms with Crippen molar-refractivity contribution in [3.8, 4) is 0 Å². The highest BCUT2D eigenvalue weighted by molar-refractivity contribution is 8.00. The van der Waals surface area contributed by atoms with Crippen LogP contribution >= 0.6 is 11.8 Å². The monoisotopic (exact) mass is 230 g/mol. The van der Waals surface area contributed by atoms with Gasteiger partial charge in [0.2, 0.25) is 0 Å². The molecule has 0 radical (unpaired) electrons. The van der Waals surface area contributed by atoms with Crippen LogP contribution in [0.25, 0.3) is 0 Å². The van der Waals surface area contributed by atoms with Gasteiger partial charge >= 0.3 is 0 Å². The minimum atomic E-state index is -1.08. The Morgan fingerprint density at radius 3 is 2.40 bits per heavy atom. The van der Waals surface area contributed by atoms with Crippen molar-refractivity contribution >= 4 is 11.8 Å². The van der Waals surface area contributed by atoms with Crippen LogP contribution in [-0.4, -0.2) is 16.1 Å². The van der Waals surface area contributed by atoms with Crippen molar-refractivity contribution in [2.24, 2.45) is 0 Å². The molecule has 1 saturated heterocycles. The Morgan fingerprint density at radius 2 is 1.93 bits per heavy atom. The number of hydrogen-bond acceptors (Lipinski definition) is 2. The molecule has 0 bridgehead atoms. The largest absolute Gasteiger partial charge is 0.384 e. The van der Waals surface area contributed by atoms with Crippen molar-refractivity contribution in [1.29, 1.82) is 0 Å². The lowest BCUT2D eigenvalue weighted by Crippen LogP contribution is -2.25. The van der Waals surface area contributed by atoms with Gasteiger partial charge in [0.25, 0.3) is 0 Å². The van der Waals surface area contributed by atoms with E-state index < -0.39 is 17.2 Å². The first-order valence-electron chi connectivity index (χ1n) is 4.80. The molecule has 1 aliphatic rings. The van der Waals surface area contributed by atoms with Gasteiger partial charge in [0.15, 0.2) is 0 Å². The minimum absolute atomic E-state index is 0.321. The van der Waals surface area contributed by atoms with E-state index in [0.717, 1.165) is 6.07 Å². The van der Waals surface area contributed by atoms with Gasteiger partial charge in [-0.1, -0.05) is 6.92 Å². The van der Waals surface area contributed by atoms with Crippen LogP contribution < -0.4 is 0 Å². The molecular formula is C11H12F2OS. The number of benzene rings is 1. The van der Waals surface area contributed by atoms with Crippen LogP contribution in [-0.2, 0) is 5.60 Å². The van der Waals surface area contributed by atoms with E-state index in [1.54, 1.807) is 11.8 Å². The van der Waals surface area contributed by atoms with Gasteiger partial charge in [-0.2, -0.15) is 11.8 Å². The maximum absolute atomic E-state index is 13.0. The van der Waals surface area contributed by atoms with Crippen LogP contribution in [0.5, 0.6) is 0 Å². The van der Waals surface area contributed by atoms with Gasteiger partial charge in [-0.3, -0.25) is 0 Å². The highest BCUT2D eigenvalue weighted by atomic mass is 32.2. The molecule has 82 valence electrons. The molecule has 1 aliphatic heterocycles. The zero-order chi connectivity index (χ0) is 11.1. The normalized spacial score (nSPS) is 30.8. The molecule has 0 saturated carbocycles.